The van der Waals surface area contributed by atoms with Crippen LogP contribution in [0.25, 0.3) is 0 Å². The van der Waals surface area contributed by atoms with Gasteiger partial charge in [0.1, 0.15) is 11.1 Å². The number of rotatable bonds is 5. The zero-order valence-electron chi connectivity index (χ0n) is 13.0. The molecule has 0 saturated carbocycles. The second-order valence-corrected chi connectivity index (χ2v) is 5.96. The molecule has 0 spiro atoms. The van der Waals surface area contributed by atoms with E-state index in [1.54, 1.807) is 24.3 Å². The van der Waals surface area contributed by atoms with Crippen LogP contribution in [0.5, 0.6) is 0 Å². The predicted octanol–water partition coefficient (Wildman–Crippen LogP) is 3.66. The quantitative estimate of drug-likeness (QED) is 0.609. The molecule has 0 aromatic heterocycles. The molecule has 2 aromatic rings. The first-order chi connectivity index (χ1) is 11.8. The molecule has 25 heavy (non-hydrogen) atoms. The van der Waals surface area contributed by atoms with E-state index in [-0.39, 0.29) is 16.3 Å². The van der Waals surface area contributed by atoms with E-state index in [4.69, 9.17) is 23.2 Å². The van der Waals surface area contributed by atoms with Gasteiger partial charge in [-0.1, -0.05) is 29.3 Å². The molecule has 0 saturated heterocycles. The Morgan fingerprint density at radius 1 is 1.16 bits per heavy atom. The van der Waals surface area contributed by atoms with Crippen molar-refractivity contribution in [2.75, 3.05) is 5.32 Å². The van der Waals surface area contributed by atoms with Gasteiger partial charge in [-0.3, -0.25) is 19.7 Å². The van der Waals surface area contributed by atoms with E-state index in [0.29, 0.717) is 10.7 Å². The summed E-state index contributed by atoms with van der Waals surface area (Å²) in [6, 6.07) is 9.33. The molecule has 130 valence electrons. The van der Waals surface area contributed by atoms with E-state index in [9.17, 15) is 19.7 Å². The first-order valence-electron chi connectivity index (χ1n) is 7.09. The van der Waals surface area contributed by atoms with Crippen molar-refractivity contribution >= 4 is 46.4 Å². The largest absolute Gasteiger partial charge is 0.341 e. The van der Waals surface area contributed by atoms with Gasteiger partial charge in [0, 0.05) is 22.3 Å². The summed E-state index contributed by atoms with van der Waals surface area (Å²) in [6.07, 6.45) is 0. The molecule has 0 unspecified atom stereocenters. The average molecular weight is 382 g/mol. The lowest BCUT2D eigenvalue weighted by Gasteiger charge is -2.14. The summed E-state index contributed by atoms with van der Waals surface area (Å²) in [7, 11) is 0. The van der Waals surface area contributed by atoms with Crippen molar-refractivity contribution in [2.24, 2.45) is 0 Å². The first-order valence-corrected chi connectivity index (χ1v) is 7.84. The summed E-state index contributed by atoms with van der Waals surface area (Å²) < 4.78 is 0. The van der Waals surface area contributed by atoms with E-state index in [1.807, 2.05) is 0 Å². The highest BCUT2D eigenvalue weighted by Gasteiger charge is 2.20. The monoisotopic (exact) mass is 381 g/mol. The summed E-state index contributed by atoms with van der Waals surface area (Å²) in [5, 5.41) is 16.3. The minimum atomic E-state index is -0.874. The van der Waals surface area contributed by atoms with Crippen LogP contribution in [0.3, 0.4) is 0 Å². The fourth-order valence-electron chi connectivity index (χ4n) is 1.96. The number of amides is 2. The Balaban J connectivity index is 2.05. The molecular weight excluding hydrogens is 369 g/mol. The van der Waals surface area contributed by atoms with Crippen LogP contribution < -0.4 is 10.6 Å². The molecule has 0 aliphatic heterocycles. The van der Waals surface area contributed by atoms with E-state index in [0.717, 1.165) is 6.07 Å². The molecule has 0 bridgehead atoms. The fourth-order valence-corrected chi connectivity index (χ4v) is 2.33. The Bertz CT molecular complexity index is 842. The summed E-state index contributed by atoms with van der Waals surface area (Å²) in [5.74, 6) is -1.09. The molecule has 0 heterocycles. The Labute approximate surface area is 153 Å². The number of halogens is 2. The number of nitrogens with one attached hydrogen (secondary N) is 2. The maximum Gasteiger partial charge on any atom is 0.288 e. The number of hydrogen-bond acceptors (Lipinski definition) is 4. The second-order valence-electron chi connectivity index (χ2n) is 5.12. The van der Waals surface area contributed by atoms with Crippen LogP contribution in [-0.4, -0.2) is 22.8 Å². The summed E-state index contributed by atoms with van der Waals surface area (Å²) in [4.78, 5) is 34.5. The number of anilines is 1. The van der Waals surface area contributed by atoms with Gasteiger partial charge in [-0.15, -0.1) is 0 Å². The van der Waals surface area contributed by atoms with Crippen LogP contribution in [0.15, 0.2) is 42.5 Å². The normalized spacial score (nSPS) is 11.5. The highest BCUT2D eigenvalue weighted by molar-refractivity contribution is 6.32. The standard InChI is InChI=1S/C16H13Cl2N3O4/c1-9(15(22)20-12-4-2-3-11(17)8-12)19-16(23)10-5-6-13(18)14(7-10)21(24)25/h2-9H,1H3,(H,19,23)(H,20,22)/t9-/m0/s1. The molecule has 2 amide bonds. The van der Waals surface area contributed by atoms with Crippen molar-refractivity contribution < 1.29 is 14.5 Å². The van der Waals surface area contributed by atoms with Crippen LogP contribution >= 0.6 is 23.2 Å². The van der Waals surface area contributed by atoms with E-state index in [2.05, 4.69) is 10.6 Å². The average Bonchev–Trinajstić information content (AvgIpc) is 2.54. The number of benzene rings is 2. The summed E-state index contributed by atoms with van der Waals surface area (Å²) >= 11 is 11.5. The molecule has 9 heteroatoms. The minimum Gasteiger partial charge on any atom is -0.341 e. The Morgan fingerprint density at radius 3 is 2.52 bits per heavy atom. The van der Waals surface area contributed by atoms with Crippen LogP contribution in [0, 0.1) is 10.1 Å². The third-order valence-electron chi connectivity index (χ3n) is 3.24. The number of nitro groups is 1. The number of nitro benzene ring substituents is 1. The van der Waals surface area contributed by atoms with Gasteiger partial charge in [-0.2, -0.15) is 0 Å². The van der Waals surface area contributed by atoms with Crippen molar-refractivity contribution in [1.82, 2.24) is 5.32 Å². The van der Waals surface area contributed by atoms with Crippen LogP contribution in [-0.2, 0) is 4.79 Å². The topological polar surface area (TPSA) is 101 Å². The van der Waals surface area contributed by atoms with Crippen molar-refractivity contribution in [1.29, 1.82) is 0 Å². The van der Waals surface area contributed by atoms with Gasteiger partial charge in [0.05, 0.1) is 4.92 Å². The van der Waals surface area contributed by atoms with Crippen molar-refractivity contribution in [3.05, 3.63) is 68.2 Å². The van der Waals surface area contributed by atoms with Crippen molar-refractivity contribution in [3.63, 3.8) is 0 Å². The number of carbonyl (C=O) groups is 2. The minimum absolute atomic E-state index is 0.0264. The van der Waals surface area contributed by atoms with Gasteiger partial charge >= 0.3 is 0 Å². The second kappa shape index (κ2) is 7.96. The van der Waals surface area contributed by atoms with Gasteiger partial charge in [0.15, 0.2) is 0 Å². The van der Waals surface area contributed by atoms with Gasteiger partial charge in [-0.25, -0.2) is 0 Å². The lowest BCUT2D eigenvalue weighted by Crippen LogP contribution is -2.41. The van der Waals surface area contributed by atoms with E-state index in [1.165, 1.54) is 19.1 Å². The Hall–Kier alpha value is -2.64. The third kappa shape index (κ3) is 4.91. The van der Waals surface area contributed by atoms with Crippen LogP contribution in [0.2, 0.25) is 10.0 Å². The summed E-state index contributed by atoms with van der Waals surface area (Å²) in [6.45, 7) is 1.49. The Morgan fingerprint density at radius 2 is 1.88 bits per heavy atom. The molecule has 7 nitrogen and oxygen atoms in total. The molecular formula is C16H13Cl2N3O4. The lowest BCUT2D eigenvalue weighted by atomic mass is 10.1. The molecule has 0 radical (unpaired) electrons. The van der Waals surface area contributed by atoms with E-state index >= 15 is 0 Å². The number of hydrogen-bond donors (Lipinski definition) is 2. The van der Waals surface area contributed by atoms with Gasteiger partial charge < -0.3 is 10.6 Å². The van der Waals surface area contributed by atoms with Gasteiger partial charge in [0.25, 0.3) is 11.6 Å². The maximum absolute atomic E-state index is 12.2. The molecule has 2 N–H and O–H groups in total. The van der Waals surface area contributed by atoms with Crippen molar-refractivity contribution in [2.45, 2.75) is 13.0 Å². The first kappa shape index (κ1) is 18.7. The molecule has 0 aliphatic carbocycles. The highest BCUT2D eigenvalue weighted by Crippen LogP contribution is 2.25. The number of nitrogens with zero attached hydrogens (tertiary/aromatic N) is 1. The van der Waals surface area contributed by atoms with E-state index < -0.39 is 22.8 Å². The lowest BCUT2D eigenvalue weighted by molar-refractivity contribution is -0.384. The zero-order chi connectivity index (χ0) is 18.6. The number of carbonyl (C=O) groups excluding carboxylic acids is 2. The fraction of sp³-hybridized carbons (Fsp3) is 0.125. The predicted molar refractivity (Wildman–Crippen MR) is 95.1 cm³/mol. The third-order valence-corrected chi connectivity index (χ3v) is 3.79. The molecule has 2 rings (SSSR count). The Kier molecular flexibility index (Phi) is 5.95. The maximum atomic E-state index is 12.2. The van der Waals surface area contributed by atoms with Gasteiger partial charge in [-0.05, 0) is 37.3 Å². The van der Waals surface area contributed by atoms with Gasteiger partial charge in [0.2, 0.25) is 5.91 Å². The van der Waals surface area contributed by atoms with Crippen molar-refractivity contribution in [3.8, 4) is 0 Å². The van der Waals surface area contributed by atoms with Crippen LogP contribution in [0.1, 0.15) is 17.3 Å². The summed E-state index contributed by atoms with van der Waals surface area (Å²) in [5.41, 5.74) is 0.129. The molecule has 2 aromatic carbocycles. The molecule has 1 atom stereocenters. The highest BCUT2D eigenvalue weighted by atomic mass is 35.5. The SMILES string of the molecule is C[C@H](NC(=O)c1ccc(Cl)c([N+](=O)[O-])c1)C(=O)Nc1cccc(Cl)c1. The van der Waals surface area contributed by atoms with Crippen LogP contribution in [0.4, 0.5) is 11.4 Å². The molecule has 0 aliphatic rings. The smallest absolute Gasteiger partial charge is 0.288 e. The zero-order valence-corrected chi connectivity index (χ0v) is 14.5. The molecule has 0 fully saturated rings.